The van der Waals surface area contributed by atoms with Crippen LogP contribution in [0.15, 0.2) is 30.3 Å². The Balaban J connectivity index is 2.56. The fraction of sp³-hybridized carbons (Fsp3) is 0.333. The third-order valence-corrected chi connectivity index (χ3v) is 3.50. The molecule has 0 saturated carbocycles. The highest BCUT2D eigenvalue weighted by atomic mass is 16.1. The molecule has 2 aromatic rings. The van der Waals surface area contributed by atoms with Crippen molar-refractivity contribution in [3.8, 4) is 0 Å². The van der Waals surface area contributed by atoms with Crippen LogP contribution in [0.5, 0.6) is 0 Å². The van der Waals surface area contributed by atoms with Crippen molar-refractivity contribution in [1.29, 1.82) is 0 Å². The van der Waals surface area contributed by atoms with Crippen LogP contribution >= 0.6 is 0 Å². The Labute approximate surface area is 126 Å². The molecule has 0 radical (unpaired) electrons. The fourth-order valence-corrected chi connectivity index (χ4v) is 2.43. The van der Waals surface area contributed by atoms with E-state index in [0.717, 1.165) is 40.6 Å². The molecule has 1 heterocycles. The van der Waals surface area contributed by atoms with Crippen LogP contribution in [0, 0.1) is 6.92 Å². The summed E-state index contributed by atoms with van der Waals surface area (Å²) < 4.78 is 0. The molecule has 1 aromatic heterocycles. The van der Waals surface area contributed by atoms with Crippen LogP contribution in [0.3, 0.4) is 0 Å². The molecule has 0 saturated heterocycles. The molecule has 110 valence electrons. The van der Waals surface area contributed by atoms with E-state index in [1.165, 1.54) is 0 Å². The second-order valence-electron chi connectivity index (χ2n) is 5.11. The lowest BCUT2D eigenvalue weighted by atomic mass is 9.99. The number of hydrogen-bond acceptors (Lipinski definition) is 2. The van der Waals surface area contributed by atoms with Crippen molar-refractivity contribution in [1.82, 2.24) is 10.3 Å². The van der Waals surface area contributed by atoms with Gasteiger partial charge in [0.2, 0.25) is 0 Å². The number of para-hydroxylation sites is 1. The Kier molecular flexibility index (Phi) is 5.09. The second kappa shape index (κ2) is 7.02. The molecule has 0 atom stereocenters. The molecule has 0 unspecified atom stereocenters. The van der Waals surface area contributed by atoms with Gasteiger partial charge in [0, 0.05) is 23.2 Å². The third kappa shape index (κ3) is 3.30. The quantitative estimate of drug-likeness (QED) is 0.839. The predicted molar refractivity (Wildman–Crippen MR) is 88.4 cm³/mol. The van der Waals surface area contributed by atoms with Gasteiger partial charge in [0.1, 0.15) is 0 Å². The molecule has 0 aliphatic rings. The maximum atomic E-state index is 12.6. The minimum Gasteiger partial charge on any atom is -0.352 e. The lowest BCUT2D eigenvalue weighted by molar-refractivity contribution is 0.0954. The lowest BCUT2D eigenvalue weighted by Crippen LogP contribution is -2.25. The summed E-state index contributed by atoms with van der Waals surface area (Å²) in [6, 6.07) is 7.80. The molecule has 0 aliphatic heterocycles. The summed E-state index contributed by atoms with van der Waals surface area (Å²) in [5.41, 5.74) is 3.38. The zero-order chi connectivity index (χ0) is 15.2. The summed E-state index contributed by atoms with van der Waals surface area (Å²) in [4.78, 5) is 17.2. The molecule has 2 rings (SSSR count). The van der Waals surface area contributed by atoms with E-state index in [9.17, 15) is 4.79 Å². The minimum atomic E-state index is -0.0155. The smallest absolute Gasteiger partial charge is 0.252 e. The highest BCUT2D eigenvalue weighted by Crippen LogP contribution is 2.24. The van der Waals surface area contributed by atoms with Gasteiger partial charge >= 0.3 is 0 Å². The average Bonchev–Trinajstić information content (AvgIpc) is 2.48. The van der Waals surface area contributed by atoms with Crippen LogP contribution in [0.25, 0.3) is 17.0 Å². The van der Waals surface area contributed by atoms with Crippen LogP contribution < -0.4 is 5.32 Å². The maximum Gasteiger partial charge on any atom is 0.252 e. The molecule has 3 heteroatoms. The molecule has 1 aromatic carbocycles. The van der Waals surface area contributed by atoms with Crippen LogP contribution in [-0.2, 0) is 0 Å². The van der Waals surface area contributed by atoms with Crippen molar-refractivity contribution in [2.24, 2.45) is 0 Å². The number of nitrogens with zero attached hydrogens (tertiary/aromatic N) is 1. The third-order valence-electron chi connectivity index (χ3n) is 3.50. The van der Waals surface area contributed by atoms with Gasteiger partial charge in [0.15, 0.2) is 0 Å². The van der Waals surface area contributed by atoms with Gasteiger partial charge in [-0.1, -0.05) is 43.7 Å². The predicted octanol–water partition coefficient (Wildman–Crippen LogP) is 4.11. The summed E-state index contributed by atoms with van der Waals surface area (Å²) >= 11 is 0. The highest BCUT2D eigenvalue weighted by molar-refractivity contribution is 6.09. The first-order chi connectivity index (χ1) is 10.2. The lowest BCUT2D eigenvalue weighted by Gasteiger charge is -2.13. The number of rotatable bonds is 5. The van der Waals surface area contributed by atoms with Gasteiger partial charge in [-0.2, -0.15) is 0 Å². The van der Waals surface area contributed by atoms with Gasteiger partial charge in [-0.3, -0.25) is 9.78 Å². The molecular formula is C18H22N2O. The number of nitrogens with one attached hydrogen (secondary N) is 1. The summed E-state index contributed by atoms with van der Waals surface area (Å²) in [7, 11) is 0. The normalized spacial score (nSPS) is 11.2. The number of aromatic nitrogens is 1. The number of hydrogen-bond donors (Lipinski definition) is 1. The summed E-state index contributed by atoms with van der Waals surface area (Å²) in [6.45, 7) is 6.72. The van der Waals surface area contributed by atoms with Crippen molar-refractivity contribution in [3.05, 3.63) is 47.2 Å². The van der Waals surface area contributed by atoms with Crippen LogP contribution in [-0.4, -0.2) is 17.4 Å². The molecule has 21 heavy (non-hydrogen) atoms. The van der Waals surface area contributed by atoms with E-state index < -0.39 is 0 Å². The summed E-state index contributed by atoms with van der Waals surface area (Å²) in [5.74, 6) is -0.0155. The van der Waals surface area contributed by atoms with Crippen molar-refractivity contribution in [2.45, 2.75) is 33.6 Å². The van der Waals surface area contributed by atoms with E-state index >= 15 is 0 Å². The first kappa shape index (κ1) is 15.2. The monoisotopic (exact) mass is 282 g/mol. The Morgan fingerprint density at radius 2 is 2.10 bits per heavy atom. The van der Waals surface area contributed by atoms with Crippen molar-refractivity contribution < 1.29 is 4.79 Å². The average molecular weight is 282 g/mol. The standard InChI is InChI=1S/C18H22N2O/c1-4-6-12-19-18(21)17-14(9-5-2)13(3)20-16-11-8-7-10-15(16)17/h5,7-11H,4,6,12H2,1-3H3,(H,19,21)/b9-5-. The minimum absolute atomic E-state index is 0.0155. The molecule has 0 bridgehead atoms. The van der Waals surface area contributed by atoms with E-state index in [2.05, 4.69) is 17.2 Å². The molecule has 0 aliphatic carbocycles. The van der Waals surface area contributed by atoms with E-state index in [1.807, 2.05) is 50.3 Å². The Bertz CT molecular complexity index is 674. The van der Waals surface area contributed by atoms with Gasteiger partial charge < -0.3 is 5.32 Å². The van der Waals surface area contributed by atoms with E-state index in [-0.39, 0.29) is 5.91 Å². The zero-order valence-corrected chi connectivity index (χ0v) is 12.9. The summed E-state index contributed by atoms with van der Waals surface area (Å²) in [6.07, 6.45) is 5.97. The number of unbranched alkanes of at least 4 members (excludes halogenated alkanes) is 1. The first-order valence-corrected chi connectivity index (χ1v) is 7.49. The molecule has 0 fully saturated rings. The molecule has 0 spiro atoms. The van der Waals surface area contributed by atoms with Crippen LogP contribution in [0.1, 0.15) is 48.3 Å². The van der Waals surface area contributed by atoms with Crippen LogP contribution in [0.4, 0.5) is 0 Å². The Morgan fingerprint density at radius 1 is 1.33 bits per heavy atom. The first-order valence-electron chi connectivity index (χ1n) is 7.49. The number of pyridine rings is 1. The molecule has 3 nitrogen and oxygen atoms in total. The fourth-order valence-electron chi connectivity index (χ4n) is 2.43. The van der Waals surface area contributed by atoms with Crippen molar-refractivity contribution in [2.75, 3.05) is 6.54 Å². The molecule has 1 amide bonds. The number of fused-ring (bicyclic) bond motifs is 1. The Hall–Kier alpha value is -2.16. The second-order valence-corrected chi connectivity index (χ2v) is 5.11. The zero-order valence-electron chi connectivity index (χ0n) is 12.9. The number of allylic oxidation sites excluding steroid dienone is 1. The number of amides is 1. The van der Waals surface area contributed by atoms with E-state index in [0.29, 0.717) is 6.54 Å². The van der Waals surface area contributed by atoms with Crippen LogP contribution in [0.2, 0.25) is 0 Å². The van der Waals surface area contributed by atoms with Gasteiger partial charge in [-0.15, -0.1) is 0 Å². The Morgan fingerprint density at radius 3 is 2.81 bits per heavy atom. The van der Waals surface area contributed by atoms with Gasteiger partial charge in [-0.25, -0.2) is 0 Å². The maximum absolute atomic E-state index is 12.6. The van der Waals surface area contributed by atoms with Gasteiger partial charge in [0.05, 0.1) is 11.1 Å². The van der Waals surface area contributed by atoms with Crippen molar-refractivity contribution >= 4 is 22.9 Å². The van der Waals surface area contributed by atoms with Gasteiger partial charge in [-0.05, 0) is 26.3 Å². The number of aryl methyl sites for hydroxylation is 1. The number of benzene rings is 1. The highest BCUT2D eigenvalue weighted by Gasteiger charge is 2.16. The largest absolute Gasteiger partial charge is 0.352 e. The number of carbonyl (C=O) groups excluding carboxylic acids is 1. The van der Waals surface area contributed by atoms with Gasteiger partial charge in [0.25, 0.3) is 5.91 Å². The van der Waals surface area contributed by atoms with Crippen molar-refractivity contribution in [3.63, 3.8) is 0 Å². The molecular weight excluding hydrogens is 260 g/mol. The van der Waals surface area contributed by atoms with E-state index in [4.69, 9.17) is 0 Å². The SMILES string of the molecule is C/C=C\c1c(C)nc2ccccc2c1C(=O)NCCCC. The summed E-state index contributed by atoms with van der Waals surface area (Å²) in [5, 5.41) is 3.93. The topological polar surface area (TPSA) is 42.0 Å². The molecule has 1 N–H and O–H groups in total. The number of carbonyl (C=O) groups is 1. The van der Waals surface area contributed by atoms with E-state index in [1.54, 1.807) is 0 Å².